The van der Waals surface area contributed by atoms with Gasteiger partial charge in [0.25, 0.3) is 0 Å². The molecule has 1 aliphatic rings. The first kappa shape index (κ1) is 16.9. The van der Waals surface area contributed by atoms with Crippen LogP contribution in [-0.4, -0.2) is 42.5 Å². The van der Waals surface area contributed by atoms with Gasteiger partial charge in [-0.2, -0.15) is 0 Å². The molecule has 1 aliphatic heterocycles. The van der Waals surface area contributed by atoms with Gasteiger partial charge in [-0.15, -0.1) is 12.4 Å². The molecule has 1 aromatic rings. The summed E-state index contributed by atoms with van der Waals surface area (Å²) >= 11 is 0. The first-order valence-electron chi connectivity index (χ1n) is 6.57. The van der Waals surface area contributed by atoms with Crippen LogP contribution < -0.4 is 10.6 Å². The maximum Gasteiger partial charge on any atom is 0.238 e. The smallest absolute Gasteiger partial charge is 0.238 e. The van der Waals surface area contributed by atoms with Gasteiger partial charge in [-0.3, -0.25) is 9.69 Å². The van der Waals surface area contributed by atoms with E-state index in [0.717, 1.165) is 13.1 Å². The number of carbonyl (C=O) groups excluding carboxylic acids is 1. The van der Waals surface area contributed by atoms with Crippen LogP contribution in [0.2, 0.25) is 0 Å². The number of carbonyl (C=O) groups is 1. The van der Waals surface area contributed by atoms with Crippen molar-refractivity contribution >= 4 is 24.0 Å². The zero-order valence-electron chi connectivity index (χ0n) is 11.7. The van der Waals surface area contributed by atoms with Crippen LogP contribution in [0, 0.1) is 5.82 Å². The standard InChI is InChI=1S/C14H20FN3O.ClH/c1-10-7-18(8-11(2)16-10)9-14(19)17-13-5-3-4-12(15)6-13;/h3-6,10-11,16H,7-9H2,1-2H3,(H,17,19);1H. The molecular formula is C14H21ClFN3O. The van der Waals surface area contributed by atoms with Crippen molar-refractivity contribution in [1.82, 2.24) is 10.2 Å². The summed E-state index contributed by atoms with van der Waals surface area (Å²) in [6.45, 7) is 6.25. The second kappa shape index (κ2) is 7.57. The number of nitrogens with zero attached hydrogens (tertiary/aromatic N) is 1. The highest BCUT2D eigenvalue weighted by atomic mass is 35.5. The molecule has 112 valence electrons. The van der Waals surface area contributed by atoms with E-state index in [2.05, 4.69) is 29.4 Å². The summed E-state index contributed by atoms with van der Waals surface area (Å²) in [6.07, 6.45) is 0. The summed E-state index contributed by atoms with van der Waals surface area (Å²) in [7, 11) is 0. The lowest BCUT2D eigenvalue weighted by molar-refractivity contribution is -0.117. The SMILES string of the molecule is CC1CN(CC(=O)Nc2cccc(F)c2)CC(C)N1.Cl. The maximum atomic E-state index is 13.0. The van der Waals surface area contributed by atoms with E-state index < -0.39 is 0 Å². The molecule has 0 aromatic heterocycles. The molecule has 1 fully saturated rings. The Morgan fingerprint density at radius 1 is 1.40 bits per heavy atom. The second-order valence-corrected chi connectivity index (χ2v) is 5.22. The molecule has 2 N–H and O–H groups in total. The number of nitrogens with one attached hydrogen (secondary N) is 2. The van der Waals surface area contributed by atoms with Gasteiger partial charge >= 0.3 is 0 Å². The van der Waals surface area contributed by atoms with Gasteiger partial charge in [0, 0.05) is 30.9 Å². The molecule has 0 radical (unpaired) electrons. The van der Waals surface area contributed by atoms with E-state index in [1.165, 1.54) is 12.1 Å². The van der Waals surface area contributed by atoms with Crippen molar-refractivity contribution < 1.29 is 9.18 Å². The van der Waals surface area contributed by atoms with Gasteiger partial charge in [-0.25, -0.2) is 4.39 Å². The van der Waals surface area contributed by atoms with E-state index in [9.17, 15) is 9.18 Å². The van der Waals surface area contributed by atoms with E-state index in [1.807, 2.05) is 0 Å². The molecule has 1 heterocycles. The molecule has 6 heteroatoms. The summed E-state index contributed by atoms with van der Waals surface area (Å²) in [4.78, 5) is 14.0. The Balaban J connectivity index is 0.00000200. The fraction of sp³-hybridized carbons (Fsp3) is 0.500. The summed E-state index contributed by atoms with van der Waals surface area (Å²) in [6, 6.07) is 6.71. The molecule has 20 heavy (non-hydrogen) atoms. The quantitative estimate of drug-likeness (QED) is 0.896. The van der Waals surface area contributed by atoms with Crippen molar-refractivity contribution in [2.75, 3.05) is 25.0 Å². The fourth-order valence-corrected chi connectivity index (χ4v) is 2.54. The van der Waals surface area contributed by atoms with E-state index in [4.69, 9.17) is 0 Å². The molecule has 0 saturated carbocycles. The summed E-state index contributed by atoms with van der Waals surface area (Å²) in [5.41, 5.74) is 0.501. The van der Waals surface area contributed by atoms with Gasteiger partial charge in [0.1, 0.15) is 5.82 Å². The van der Waals surface area contributed by atoms with Gasteiger partial charge in [0.2, 0.25) is 5.91 Å². The summed E-state index contributed by atoms with van der Waals surface area (Å²) in [5, 5.41) is 6.14. The summed E-state index contributed by atoms with van der Waals surface area (Å²) < 4.78 is 13.0. The van der Waals surface area contributed by atoms with Gasteiger partial charge < -0.3 is 10.6 Å². The maximum absolute atomic E-state index is 13.0. The largest absolute Gasteiger partial charge is 0.325 e. The second-order valence-electron chi connectivity index (χ2n) is 5.22. The van der Waals surface area contributed by atoms with Crippen molar-refractivity contribution in [2.24, 2.45) is 0 Å². The minimum atomic E-state index is -0.345. The van der Waals surface area contributed by atoms with Crippen molar-refractivity contribution in [3.63, 3.8) is 0 Å². The van der Waals surface area contributed by atoms with Crippen molar-refractivity contribution in [3.05, 3.63) is 30.1 Å². The van der Waals surface area contributed by atoms with E-state index >= 15 is 0 Å². The Hall–Kier alpha value is -1.17. The Kier molecular flexibility index (Phi) is 6.39. The summed E-state index contributed by atoms with van der Waals surface area (Å²) in [5.74, 6) is -0.450. The van der Waals surface area contributed by atoms with Gasteiger partial charge in [-0.1, -0.05) is 6.07 Å². The highest BCUT2D eigenvalue weighted by molar-refractivity contribution is 5.92. The average Bonchev–Trinajstić information content (AvgIpc) is 2.26. The molecule has 1 aromatic carbocycles. The third-order valence-corrected chi connectivity index (χ3v) is 3.11. The van der Waals surface area contributed by atoms with Crippen LogP contribution in [0.25, 0.3) is 0 Å². The predicted octanol–water partition coefficient (Wildman–Crippen LogP) is 1.87. The lowest BCUT2D eigenvalue weighted by Gasteiger charge is -2.35. The average molecular weight is 302 g/mol. The van der Waals surface area contributed by atoms with Crippen LogP contribution in [-0.2, 0) is 4.79 Å². The van der Waals surface area contributed by atoms with E-state index in [0.29, 0.717) is 24.3 Å². The Morgan fingerprint density at radius 2 is 2.05 bits per heavy atom. The number of halogens is 2. The lowest BCUT2D eigenvalue weighted by Crippen LogP contribution is -2.55. The number of benzene rings is 1. The highest BCUT2D eigenvalue weighted by Crippen LogP contribution is 2.10. The van der Waals surface area contributed by atoms with E-state index in [1.54, 1.807) is 12.1 Å². The van der Waals surface area contributed by atoms with Gasteiger partial charge in [0.15, 0.2) is 0 Å². The minimum absolute atomic E-state index is 0. The van der Waals surface area contributed by atoms with Crippen LogP contribution in [0.3, 0.4) is 0 Å². The molecule has 4 nitrogen and oxygen atoms in total. The number of anilines is 1. The monoisotopic (exact) mass is 301 g/mol. The van der Waals surface area contributed by atoms with Crippen LogP contribution >= 0.6 is 12.4 Å². The number of hydrogen-bond acceptors (Lipinski definition) is 3. The predicted molar refractivity (Wildman–Crippen MR) is 80.8 cm³/mol. The Morgan fingerprint density at radius 3 is 2.65 bits per heavy atom. The Labute approximate surface area is 125 Å². The zero-order valence-corrected chi connectivity index (χ0v) is 12.5. The molecule has 1 saturated heterocycles. The van der Waals surface area contributed by atoms with Gasteiger partial charge in [-0.05, 0) is 32.0 Å². The number of rotatable bonds is 3. The molecule has 0 spiro atoms. The van der Waals surface area contributed by atoms with Crippen LogP contribution in [0.15, 0.2) is 24.3 Å². The van der Waals surface area contributed by atoms with Gasteiger partial charge in [0.05, 0.1) is 6.54 Å². The fourth-order valence-electron chi connectivity index (χ4n) is 2.54. The topological polar surface area (TPSA) is 44.4 Å². The van der Waals surface area contributed by atoms with Crippen LogP contribution in [0.4, 0.5) is 10.1 Å². The zero-order chi connectivity index (χ0) is 13.8. The molecule has 1 amide bonds. The lowest BCUT2D eigenvalue weighted by atomic mass is 10.1. The normalized spacial score (nSPS) is 22.9. The molecule has 2 rings (SSSR count). The number of amides is 1. The first-order chi connectivity index (χ1) is 9.02. The molecule has 2 atom stereocenters. The Bertz CT molecular complexity index is 448. The third-order valence-electron chi connectivity index (χ3n) is 3.11. The van der Waals surface area contributed by atoms with Crippen LogP contribution in [0.1, 0.15) is 13.8 Å². The molecule has 2 unspecified atom stereocenters. The van der Waals surface area contributed by atoms with Crippen LogP contribution in [0.5, 0.6) is 0 Å². The minimum Gasteiger partial charge on any atom is -0.325 e. The molecular weight excluding hydrogens is 281 g/mol. The highest BCUT2D eigenvalue weighted by Gasteiger charge is 2.22. The number of hydrogen-bond donors (Lipinski definition) is 2. The van der Waals surface area contributed by atoms with Crippen molar-refractivity contribution in [1.29, 1.82) is 0 Å². The molecule has 0 aliphatic carbocycles. The molecule has 0 bridgehead atoms. The first-order valence-corrected chi connectivity index (χ1v) is 6.57. The van der Waals surface area contributed by atoms with Crippen molar-refractivity contribution in [3.8, 4) is 0 Å². The van der Waals surface area contributed by atoms with Crippen molar-refractivity contribution in [2.45, 2.75) is 25.9 Å². The van der Waals surface area contributed by atoms with E-state index in [-0.39, 0.29) is 24.1 Å². The third kappa shape index (κ3) is 5.07. The number of piperazine rings is 1.